The quantitative estimate of drug-likeness (QED) is 0.851. The van der Waals surface area contributed by atoms with Crippen LogP contribution in [-0.4, -0.2) is 49.7 Å². The molecule has 0 radical (unpaired) electrons. The number of fused-ring (bicyclic) bond motifs is 1. The van der Waals surface area contributed by atoms with Crippen molar-refractivity contribution in [2.45, 2.75) is 24.3 Å². The summed E-state index contributed by atoms with van der Waals surface area (Å²) < 4.78 is 41.4. The molecule has 2 heterocycles. The van der Waals surface area contributed by atoms with Gasteiger partial charge < -0.3 is 5.32 Å². The number of amides is 1. The number of hydrogen-bond donors (Lipinski definition) is 1. The molecule has 0 unspecified atom stereocenters. The topological polar surface area (TPSA) is 69.7 Å². The van der Waals surface area contributed by atoms with Gasteiger partial charge in [-0.1, -0.05) is 18.2 Å². The lowest BCUT2D eigenvalue weighted by Gasteiger charge is -2.34. The number of halogens is 1. The van der Waals surface area contributed by atoms with Gasteiger partial charge in [-0.25, -0.2) is 12.8 Å². The summed E-state index contributed by atoms with van der Waals surface area (Å²) in [5.74, 6) is -0.720. The number of nitrogens with zero attached hydrogens (tertiary/aromatic N) is 2. The van der Waals surface area contributed by atoms with Crippen molar-refractivity contribution in [3.63, 3.8) is 0 Å². The van der Waals surface area contributed by atoms with E-state index in [9.17, 15) is 17.6 Å². The molecule has 0 saturated carbocycles. The second kappa shape index (κ2) is 7.27. The molecule has 148 valence electrons. The zero-order valence-electron chi connectivity index (χ0n) is 15.6. The minimum Gasteiger partial charge on any atom is -0.325 e. The Kier molecular flexibility index (Phi) is 4.95. The first-order valence-corrected chi connectivity index (χ1v) is 10.7. The maximum atomic E-state index is 13.8. The van der Waals surface area contributed by atoms with E-state index in [-0.39, 0.29) is 22.5 Å². The summed E-state index contributed by atoms with van der Waals surface area (Å²) in [5, 5.41) is 2.75. The van der Waals surface area contributed by atoms with E-state index in [0.717, 1.165) is 0 Å². The first-order chi connectivity index (χ1) is 13.4. The number of nitrogens with one attached hydrogen (secondary N) is 1. The third-order valence-corrected chi connectivity index (χ3v) is 7.36. The van der Waals surface area contributed by atoms with E-state index in [4.69, 9.17) is 0 Å². The van der Waals surface area contributed by atoms with Crippen LogP contribution in [0.2, 0.25) is 0 Å². The smallest absolute Gasteiger partial charge is 0.243 e. The maximum Gasteiger partial charge on any atom is 0.243 e. The van der Waals surface area contributed by atoms with Gasteiger partial charge >= 0.3 is 0 Å². The lowest BCUT2D eigenvalue weighted by molar-refractivity contribution is -0.116. The molecule has 0 spiro atoms. The zero-order chi connectivity index (χ0) is 19.9. The van der Waals surface area contributed by atoms with Crippen LogP contribution in [0.4, 0.5) is 10.1 Å². The highest BCUT2D eigenvalue weighted by Crippen LogP contribution is 2.34. The van der Waals surface area contributed by atoms with Crippen LogP contribution in [0.25, 0.3) is 0 Å². The highest BCUT2D eigenvalue weighted by atomic mass is 32.2. The number of rotatable bonds is 4. The molecule has 1 fully saturated rings. The van der Waals surface area contributed by atoms with Crippen molar-refractivity contribution in [3.8, 4) is 0 Å². The molecule has 1 amide bonds. The number of sulfonamides is 1. The third kappa shape index (κ3) is 3.43. The fraction of sp³-hybridized carbons (Fsp3) is 0.350. The minimum atomic E-state index is -3.64. The van der Waals surface area contributed by atoms with Crippen LogP contribution >= 0.6 is 0 Å². The zero-order valence-corrected chi connectivity index (χ0v) is 16.4. The number of anilines is 1. The first-order valence-electron chi connectivity index (χ1n) is 9.27. The van der Waals surface area contributed by atoms with E-state index in [1.807, 2.05) is 0 Å². The summed E-state index contributed by atoms with van der Waals surface area (Å²) in [6.07, 6.45) is 0. The Morgan fingerprint density at radius 2 is 1.82 bits per heavy atom. The Labute approximate surface area is 164 Å². The molecule has 1 N–H and O–H groups in total. The van der Waals surface area contributed by atoms with Crippen LogP contribution in [0.15, 0.2) is 47.4 Å². The Balaban J connectivity index is 1.46. The molecule has 2 aromatic rings. The van der Waals surface area contributed by atoms with Gasteiger partial charge in [0.15, 0.2) is 0 Å². The van der Waals surface area contributed by atoms with Crippen molar-refractivity contribution in [2.24, 2.45) is 0 Å². The van der Waals surface area contributed by atoms with Crippen LogP contribution in [0, 0.1) is 5.82 Å². The fourth-order valence-electron chi connectivity index (χ4n) is 3.70. The van der Waals surface area contributed by atoms with Crippen molar-refractivity contribution in [2.75, 3.05) is 31.5 Å². The molecule has 0 aliphatic carbocycles. The second-order valence-corrected chi connectivity index (χ2v) is 9.17. The molecule has 1 atom stereocenters. The molecule has 4 rings (SSSR count). The second-order valence-electron chi connectivity index (χ2n) is 7.23. The number of carbonyl (C=O) groups is 1. The molecular formula is C20H22FN3O3S. The van der Waals surface area contributed by atoms with Crippen molar-refractivity contribution < 1.29 is 17.6 Å². The third-order valence-electron chi connectivity index (χ3n) is 5.46. The predicted octanol–water partition coefficient (Wildman–Crippen LogP) is 2.39. The summed E-state index contributed by atoms with van der Waals surface area (Å²) in [6.45, 7) is 3.99. The van der Waals surface area contributed by atoms with E-state index in [1.165, 1.54) is 16.4 Å². The normalized spacial score (nSPS) is 20.8. The summed E-state index contributed by atoms with van der Waals surface area (Å²) in [4.78, 5) is 14.1. The van der Waals surface area contributed by atoms with Gasteiger partial charge in [-0.2, -0.15) is 4.31 Å². The average Bonchev–Trinajstić information content (AvgIpc) is 2.97. The van der Waals surface area contributed by atoms with E-state index in [1.54, 1.807) is 37.3 Å². The molecule has 0 bridgehead atoms. The van der Waals surface area contributed by atoms with Crippen molar-refractivity contribution in [1.29, 1.82) is 0 Å². The molecule has 6 nitrogen and oxygen atoms in total. The number of piperazine rings is 1. The molecule has 2 aliphatic heterocycles. The van der Waals surface area contributed by atoms with E-state index >= 15 is 0 Å². The highest BCUT2D eigenvalue weighted by molar-refractivity contribution is 7.89. The molecule has 28 heavy (non-hydrogen) atoms. The van der Waals surface area contributed by atoms with E-state index in [0.29, 0.717) is 49.5 Å². The first kappa shape index (κ1) is 19.0. The Morgan fingerprint density at radius 1 is 1.11 bits per heavy atom. The number of benzene rings is 2. The van der Waals surface area contributed by atoms with Gasteiger partial charge in [-0.3, -0.25) is 9.69 Å². The van der Waals surface area contributed by atoms with Gasteiger partial charge in [-0.05, 0) is 36.8 Å². The van der Waals surface area contributed by atoms with Crippen molar-refractivity contribution in [3.05, 3.63) is 59.4 Å². The fourth-order valence-corrected chi connectivity index (χ4v) is 5.16. The summed E-state index contributed by atoms with van der Waals surface area (Å²) in [7, 11) is -3.64. The number of hydrogen-bond acceptors (Lipinski definition) is 4. The molecular weight excluding hydrogens is 381 g/mol. The average molecular weight is 403 g/mol. The molecule has 8 heteroatoms. The van der Waals surface area contributed by atoms with Gasteiger partial charge in [0.05, 0.1) is 10.8 Å². The lowest BCUT2D eigenvalue weighted by atomic mass is 10.0. The molecule has 0 aromatic heterocycles. The summed E-state index contributed by atoms with van der Waals surface area (Å²) >= 11 is 0. The van der Waals surface area contributed by atoms with Crippen LogP contribution in [0.5, 0.6) is 0 Å². The van der Waals surface area contributed by atoms with Crippen LogP contribution in [0.1, 0.15) is 24.0 Å². The lowest BCUT2D eigenvalue weighted by Crippen LogP contribution is -2.48. The van der Waals surface area contributed by atoms with E-state index in [2.05, 4.69) is 10.2 Å². The van der Waals surface area contributed by atoms with Crippen molar-refractivity contribution in [1.82, 2.24) is 9.21 Å². The molecule has 2 aromatic carbocycles. The van der Waals surface area contributed by atoms with Crippen LogP contribution in [-0.2, 0) is 21.4 Å². The Hall–Kier alpha value is -2.29. The maximum absolute atomic E-state index is 13.8. The van der Waals surface area contributed by atoms with Gasteiger partial charge in [0, 0.05) is 44.0 Å². The van der Waals surface area contributed by atoms with E-state index < -0.39 is 10.0 Å². The van der Waals surface area contributed by atoms with Crippen LogP contribution < -0.4 is 5.32 Å². The summed E-state index contributed by atoms with van der Waals surface area (Å²) in [6, 6.07) is 11.4. The largest absolute Gasteiger partial charge is 0.325 e. The molecule has 2 aliphatic rings. The minimum absolute atomic E-state index is 0.119. The molecule has 1 saturated heterocycles. The summed E-state index contributed by atoms with van der Waals surface area (Å²) in [5.41, 5.74) is 2.00. The van der Waals surface area contributed by atoms with Gasteiger partial charge in [0.2, 0.25) is 15.9 Å². The van der Waals surface area contributed by atoms with Gasteiger partial charge in [-0.15, -0.1) is 0 Å². The number of carbonyl (C=O) groups excluding carboxylic acids is 1. The highest BCUT2D eigenvalue weighted by Gasteiger charge is 2.32. The van der Waals surface area contributed by atoms with Crippen molar-refractivity contribution >= 4 is 21.6 Å². The predicted molar refractivity (Wildman–Crippen MR) is 104 cm³/mol. The van der Waals surface area contributed by atoms with Gasteiger partial charge in [0.25, 0.3) is 0 Å². The SMILES string of the molecule is C[C@H]1C(=O)Nc2ccc(S(=O)(=O)N3CCN(Cc4ccccc4F)CC3)cc21. The monoisotopic (exact) mass is 403 g/mol. The van der Waals surface area contributed by atoms with Gasteiger partial charge in [0.1, 0.15) is 5.82 Å². The standard InChI is InChI=1S/C20H22FN3O3S/c1-14-17-12-16(6-7-19(17)22-20(14)25)28(26,27)24-10-8-23(9-11-24)13-15-4-2-3-5-18(15)21/h2-7,12,14H,8-11,13H2,1H3,(H,22,25)/t14-/m1/s1. The Bertz CT molecular complexity index is 1020. The van der Waals surface area contributed by atoms with Crippen LogP contribution in [0.3, 0.4) is 0 Å². The Morgan fingerprint density at radius 3 is 2.54 bits per heavy atom.